The smallest absolute Gasteiger partial charge is 0.296 e. The summed E-state index contributed by atoms with van der Waals surface area (Å²) in [5.74, 6) is -0.838. The number of methoxy groups -OCH3 is 1. The number of carbonyl (C=O) groups is 2. The number of ether oxygens (including phenoxy) is 1. The molecular formula is C15H14N2O3. The Morgan fingerprint density at radius 1 is 1.10 bits per heavy atom. The molecule has 0 atom stereocenters. The summed E-state index contributed by atoms with van der Waals surface area (Å²) in [6.45, 7) is 1.91. The van der Waals surface area contributed by atoms with E-state index in [1.807, 2.05) is 6.92 Å². The van der Waals surface area contributed by atoms with Crippen LogP contribution in [-0.2, 0) is 4.79 Å². The number of aromatic nitrogens is 1. The maximum Gasteiger partial charge on any atom is 0.296 e. The first kappa shape index (κ1) is 13.7. The first-order chi connectivity index (χ1) is 9.60. The van der Waals surface area contributed by atoms with E-state index in [2.05, 4.69) is 10.3 Å². The first-order valence-electron chi connectivity index (χ1n) is 6.02. The molecule has 0 saturated carbocycles. The monoisotopic (exact) mass is 270 g/mol. The van der Waals surface area contributed by atoms with Crippen molar-refractivity contribution in [2.24, 2.45) is 0 Å². The molecule has 0 radical (unpaired) electrons. The van der Waals surface area contributed by atoms with Gasteiger partial charge < -0.3 is 10.1 Å². The Morgan fingerprint density at radius 2 is 1.80 bits per heavy atom. The molecule has 0 spiro atoms. The van der Waals surface area contributed by atoms with Gasteiger partial charge in [0.25, 0.3) is 11.7 Å². The van der Waals surface area contributed by atoms with Gasteiger partial charge in [-0.1, -0.05) is 29.8 Å². The average molecular weight is 270 g/mol. The Balaban J connectivity index is 2.07. The zero-order chi connectivity index (χ0) is 14.5. The molecule has 1 amide bonds. The molecule has 0 aliphatic carbocycles. The van der Waals surface area contributed by atoms with Crippen LogP contribution in [0.15, 0.2) is 42.6 Å². The third-order valence-electron chi connectivity index (χ3n) is 2.72. The molecule has 0 unspecified atom stereocenters. The molecule has 1 N–H and O–H groups in total. The van der Waals surface area contributed by atoms with Crippen LogP contribution >= 0.6 is 0 Å². The zero-order valence-electron chi connectivity index (χ0n) is 11.2. The average Bonchev–Trinajstić information content (AvgIpc) is 2.48. The van der Waals surface area contributed by atoms with E-state index in [4.69, 9.17) is 4.74 Å². The van der Waals surface area contributed by atoms with Gasteiger partial charge in [-0.3, -0.25) is 9.59 Å². The van der Waals surface area contributed by atoms with Gasteiger partial charge >= 0.3 is 0 Å². The lowest BCUT2D eigenvalue weighted by molar-refractivity contribution is -0.112. The van der Waals surface area contributed by atoms with Gasteiger partial charge in [0, 0.05) is 11.6 Å². The van der Waals surface area contributed by atoms with Gasteiger partial charge in [-0.25, -0.2) is 4.98 Å². The number of Topliss-reactive ketones (excluding diaryl/α,β-unsaturated/α-hetero) is 1. The number of amides is 1. The highest BCUT2D eigenvalue weighted by molar-refractivity contribution is 6.46. The third kappa shape index (κ3) is 3.20. The standard InChI is InChI=1S/C15H14N2O3/c1-10-3-5-11(6-4-10)14(18)15(19)17-12-7-8-13(20-2)16-9-12/h3-9H,1-2H3,(H,17,19). The van der Waals surface area contributed by atoms with Gasteiger partial charge in [0.1, 0.15) is 0 Å². The minimum Gasteiger partial charge on any atom is -0.481 e. The molecule has 0 saturated heterocycles. The Hall–Kier alpha value is -2.69. The summed E-state index contributed by atoms with van der Waals surface area (Å²) in [7, 11) is 1.50. The van der Waals surface area contributed by atoms with E-state index in [0.717, 1.165) is 5.56 Å². The summed E-state index contributed by atoms with van der Waals surface area (Å²) >= 11 is 0. The topological polar surface area (TPSA) is 68.3 Å². The van der Waals surface area contributed by atoms with E-state index in [1.165, 1.54) is 13.3 Å². The number of aryl methyl sites for hydroxylation is 1. The fourth-order valence-electron chi connectivity index (χ4n) is 1.60. The fraction of sp³-hybridized carbons (Fsp3) is 0.133. The van der Waals surface area contributed by atoms with Gasteiger partial charge in [0.05, 0.1) is 19.0 Å². The minimum absolute atomic E-state index is 0.356. The van der Waals surface area contributed by atoms with Crippen molar-refractivity contribution in [3.8, 4) is 5.88 Å². The lowest BCUT2D eigenvalue weighted by Gasteiger charge is -2.05. The van der Waals surface area contributed by atoms with Crippen molar-refractivity contribution in [2.45, 2.75) is 6.92 Å². The molecule has 0 fully saturated rings. The lowest BCUT2D eigenvalue weighted by Crippen LogP contribution is -2.22. The first-order valence-corrected chi connectivity index (χ1v) is 6.02. The van der Waals surface area contributed by atoms with Gasteiger partial charge in [0.15, 0.2) is 0 Å². The van der Waals surface area contributed by atoms with Gasteiger partial charge in [0.2, 0.25) is 5.88 Å². The van der Waals surface area contributed by atoms with Gasteiger partial charge in [-0.05, 0) is 13.0 Å². The molecule has 20 heavy (non-hydrogen) atoms. The van der Waals surface area contributed by atoms with Crippen molar-refractivity contribution in [3.05, 3.63) is 53.7 Å². The van der Waals surface area contributed by atoms with Crippen molar-refractivity contribution in [3.63, 3.8) is 0 Å². The third-order valence-corrected chi connectivity index (χ3v) is 2.72. The van der Waals surface area contributed by atoms with Crippen LogP contribution in [0.3, 0.4) is 0 Å². The van der Waals surface area contributed by atoms with E-state index in [-0.39, 0.29) is 0 Å². The molecule has 1 aromatic carbocycles. The van der Waals surface area contributed by atoms with E-state index in [1.54, 1.807) is 36.4 Å². The number of carbonyl (C=O) groups excluding carboxylic acids is 2. The van der Waals surface area contributed by atoms with Crippen molar-refractivity contribution in [1.82, 2.24) is 4.98 Å². The fourth-order valence-corrected chi connectivity index (χ4v) is 1.60. The van der Waals surface area contributed by atoms with Crippen molar-refractivity contribution >= 4 is 17.4 Å². The second-order valence-corrected chi connectivity index (χ2v) is 4.24. The second-order valence-electron chi connectivity index (χ2n) is 4.24. The summed E-state index contributed by atoms with van der Waals surface area (Å²) in [4.78, 5) is 27.7. The van der Waals surface area contributed by atoms with Gasteiger partial charge in [-0.15, -0.1) is 0 Å². The number of hydrogen-bond acceptors (Lipinski definition) is 4. The molecule has 2 rings (SSSR count). The van der Waals surface area contributed by atoms with Gasteiger partial charge in [-0.2, -0.15) is 0 Å². The highest BCUT2D eigenvalue weighted by Crippen LogP contribution is 2.12. The highest BCUT2D eigenvalue weighted by atomic mass is 16.5. The Bertz CT molecular complexity index is 619. The Kier molecular flexibility index (Phi) is 4.10. The van der Waals surface area contributed by atoms with E-state index in [9.17, 15) is 9.59 Å². The maximum absolute atomic E-state index is 11.9. The SMILES string of the molecule is COc1ccc(NC(=O)C(=O)c2ccc(C)cc2)cn1. The molecule has 2 aromatic rings. The van der Waals surface area contributed by atoms with Crippen LogP contribution in [0.4, 0.5) is 5.69 Å². The van der Waals surface area contributed by atoms with Crippen LogP contribution < -0.4 is 10.1 Å². The zero-order valence-corrected chi connectivity index (χ0v) is 11.2. The summed E-state index contributed by atoms with van der Waals surface area (Å²) in [5.41, 5.74) is 1.83. The number of rotatable bonds is 4. The number of hydrogen-bond donors (Lipinski definition) is 1. The molecule has 0 bridgehead atoms. The van der Waals surface area contributed by atoms with Crippen molar-refractivity contribution < 1.29 is 14.3 Å². The molecule has 0 aliphatic rings. The normalized spacial score (nSPS) is 9.90. The largest absolute Gasteiger partial charge is 0.481 e. The van der Waals surface area contributed by atoms with Crippen molar-refractivity contribution in [1.29, 1.82) is 0 Å². The maximum atomic E-state index is 11.9. The second kappa shape index (κ2) is 5.97. The lowest BCUT2D eigenvalue weighted by atomic mass is 10.1. The summed E-state index contributed by atoms with van der Waals surface area (Å²) in [6.07, 6.45) is 1.43. The van der Waals surface area contributed by atoms with Crippen LogP contribution in [0.1, 0.15) is 15.9 Å². The van der Waals surface area contributed by atoms with E-state index >= 15 is 0 Å². The van der Waals surface area contributed by atoms with Crippen LogP contribution in [-0.4, -0.2) is 23.8 Å². The number of anilines is 1. The Labute approximate surface area is 116 Å². The molecule has 1 aromatic heterocycles. The van der Waals surface area contributed by atoms with Crippen LogP contribution in [0.25, 0.3) is 0 Å². The van der Waals surface area contributed by atoms with Crippen LogP contribution in [0.5, 0.6) is 5.88 Å². The minimum atomic E-state index is -0.694. The number of ketones is 1. The van der Waals surface area contributed by atoms with E-state index < -0.39 is 11.7 Å². The molecule has 5 nitrogen and oxygen atoms in total. The summed E-state index contributed by atoms with van der Waals surface area (Å²) in [5, 5.41) is 2.50. The predicted molar refractivity (Wildman–Crippen MR) is 74.9 cm³/mol. The number of pyridine rings is 1. The summed E-state index contributed by atoms with van der Waals surface area (Å²) < 4.78 is 4.91. The quantitative estimate of drug-likeness (QED) is 0.683. The number of benzene rings is 1. The predicted octanol–water partition coefficient (Wildman–Crippen LogP) is 2.22. The molecule has 5 heteroatoms. The molecule has 0 aliphatic heterocycles. The van der Waals surface area contributed by atoms with Crippen LogP contribution in [0.2, 0.25) is 0 Å². The van der Waals surface area contributed by atoms with Crippen molar-refractivity contribution in [2.75, 3.05) is 12.4 Å². The molecule has 102 valence electrons. The summed E-state index contributed by atoms with van der Waals surface area (Å²) in [6, 6.07) is 10.1. The number of nitrogens with one attached hydrogen (secondary N) is 1. The Morgan fingerprint density at radius 3 is 2.35 bits per heavy atom. The number of nitrogens with zero attached hydrogens (tertiary/aromatic N) is 1. The highest BCUT2D eigenvalue weighted by Gasteiger charge is 2.16. The van der Waals surface area contributed by atoms with E-state index in [0.29, 0.717) is 17.1 Å². The van der Waals surface area contributed by atoms with Crippen LogP contribution in [0, 0.1) is 6.92 Å². The molecule has 1 heterocycles. The molecular weight excluding hydrogens is 256 g/mol.